The van der Waals surface area contributed by atoms with Crippen LogP contribution in [0.1, 0.15) is 34.6 Å². The zero-order chi connectivity index (χ0) is 21.3. The molecule has 0 radical (unpaired) electrons. The minimum atomic E-state index is -0.518. The minimum absolute atomic E-state index is 0.0473. The number of aryl methyl sites for hydroxylation is 1. The van der Waals surface area contributed by atoms with Crippen LogP contribution in [-0.4, -0.2) is 28.1 Å². The Labute approximate surface area is 177 Å². The lowest BCUT2D eigenvalue weighted by atomic mass is 9.86. The second kappa shape index (κ2) is 8.23. The summed E-state index contributed by atoms with van der Waals surface area (Å²) in [6.07, 6.45) is 0.0919. The summed E-state index contributed by atoms with van der Waals surface area (Å²) in [5.74, 6) is 0.635. The van der Waals surface area contributed by atoms with Gasteiger partial charge in [0.15, 0.2) is 5.16 Å². The van der Waals surface area contributed by atoms with Crippen LogP contribution in [0.25, 0.3) is 0 Å². The third-order valence-corrected chi connectivity index (χ3v) is 6.07. The molecule has 0 unspecified atom stereocenters. The fourth-order valence-corrected chi connectivity index (χ4v) is 4.53. The molecule has 0 bridgehead atoms. The number of aromatic hydroxyl groups is 1. The van der Waals surface area contributed by atoms with Crippen LogP contribution in [0.4, 0.5) is 5.82 Å². The lowest BCUT2D eigenvalue weighted by Crippen LogP contribution is -2.31. The zero-order valence-corrected chi connectivity index (χ0v) is 17.4. The van der Waals surface area contributed by atoms with Crippen molar-refractivity contribution in [3.63, 3.8) is 0 Å². The van der Waals surface area contributed by atoms with Crippen LogP contribution in [0.2, 0.25) is 0 Å². The predicted molar refractivity (Wildman–Crippen MR) is 115 cm³/mol. The third kappa shape index (κ3) is 3.91. The van der Waals surface area contributed by atoms with Gasteiger partial charge >= 0.3 is 0 Å². The SMILES string of the molecule is COc1cc(O)ccc1[C@@H]1CC(=O)Nc2nc(SCc3ccccc3C)[nH]c(=O)c21. The van der Waals surface area contributed by atoms with E-state index in [2.05, 4.69) is 15.3 Å². The standard InChI is InChI=1S/C22H21N3O4S/c1-12-5-3-4-6-13(12)11-30-22-24-20-19(21(28)25-22)16(10-18(27)23-20)15-8-7-14(26)9-17(15)29-2/h3-9,16,26H,10-11H2,1-2H3,(H2,23,24,25,27,28)/t16-/m0/s1. The van der Waals surface area contributed by atoms with E-state index in [-0.39, 0.29) is 29.5 Å². The number of hydrogen-bond donors (Lipinski definition) is 3. The van der Waals surface area contributed by atoms with Crippen molar-refractivity contribution >= 4 is 23.5 Å². The summed E-state index contributed by atoms with van der Waals surface area (Å²) in [7, 11) is 1.48. The molecule has 0 fully saturated rings. The summed E-state index contributed by atoms with van der Waals surface area (Å²) < 4.78 is 5.36. The number of thioether (sulfide) groups is 1. The van der Waals surface area contributed by atoms with Gasteiger partial charge in [0.05, 0.1) is 12.7 Å². The fraction of sp³-hybridized carbons (Fsp3) is 0.227. The number of amides is 1. The lowest BCUT2D eigenvalue weighted by Gasteiger charge is -2.25. The molecule has 1 amide bonds. The van der Waals surface area contributed by atoms with Crippen LogP contribution >= 0.6 is 11.8 Å². The largest absolute Gasteiger partial charge is 0.508 e. The number of carbonyl (C=O) groups excluding carboxylic acids is 1. The van der Waals surface area contributed by atoms with E-state index in [1.54, 1.807) is 6.07 Å². The van der Waals surface area contributed by atoms with E-state index in [0.29, 0.717) is 27.8 Å². The summed E-state index contributed by atoms with van der Waals surface area (Å²) in [5, 5.41) is 12.9. The number of benzene rings is 2. The maximum Gasteiger partial charge on any atom is 0.257 e. The number of rotatable bonds is 5. The number of hydrogen-bond acceptors (Lipinski definition) is 6. The van der Waals surface area contributed by atoms with Gasteiger partial charge in [-0.25, -0.2) is 4.98 Å². The maximum atomic E-state index is 13.0. The molecule has 2 aromatic carbocycles. The van der Waals surface area contributed by atoms with Gasteiger partial charge in [-0.2, -0.15) is 0 Å². The highest BCUT2D eigenvalue weighted by molar-refractivity contribution is 7.98. The van der Waals surface area contributed by atoms with Crippen molar-refractivity contribution in [1.82, 2.24) is 9.97 Å². The van der Waals surface area contributed by atoms with Gasteiger partial charge in [-0.3, -0.25) is 9.59 Å². The van der Waals surface area contributed by atoms with Gasteiger partial charge in [0.1, 0.15) is 17.3 Å². The Morgan fingerprint density at radius 2 is 2.03 bits per heavy atom. The molecule has 1 aliphatic rings. The molecule has 3 aromatic rings. The summed E-state index contributed by atoms with van der Waals surface area (Å²) >= 11 is 1.41. The second-order valence-corrected chi connectivity index (χ2v) is 8.04. The van der Waals surface area contributed by atoms with Crippen LogP contribution in [0.3, 0.4) is 0 Å². The lowest BCUT2D eigenvalue weighted by molar-refractivity contribution is -0.116. The monoisotopic (exact) mass is 423 g/mol. The van der Waals surface area contributed by atoms with E-state index < -0.39 is 5.92 Å². The number of phenols is 1. The highest BCUT2D eigenvalue weighted by atomic mass is 32.2. The average Bonchev–Trinajstić information content (AvgIpc) is 2.72. The quantitative estimate of drug-likeness (QED) is 0.428. The third-order valence-electron chi connectivity index (χ3n) is 5.15. The van der Waals surface area contributed by atoms with E-state index in [9.17, 15) is 14.7 Å². The molecule has 1 atom stereocenters. The predicted octanol–water partition coefficient (Wildman–Crippen LogP) is 3.56. The maximum absolute atomic E-state index is 13.0. The number of H-pyrrole nitrogens is 1. The van der Waals surface area contributed by atoms with Crippen molar-refractivity contribution in [2.75, 3.05) is 12.4 Å². The summed E-state index contributed by atoms with van der Waals surface area (Å²) in [5.41, 5.74) is 3.06. The molecule has 3 N–H and O–H groups in total. The van der Waals surface area contributed by atoms with Gasteiger partial charge in [-0.05, 0) is 24.1 Å². The van der Waals surface area contributed by atoms with Crippen LogP contribution in [0, 0.1) is 6.92 Å². The Morgan fingerprint density at radius 1 is 1.23 bits per heavy atom. The van der Waals surface area contributed by atoms with Crippen LogP contribution in [0.5, 0.6) is 11.5 Å². The first-order valence-corrected chi connectivity index (χ1v) is 10.4. The first-order valence-electron chi connectivity index (χ1n) is 9.44. The molecule has 1 aliphatic heterocycles. The number of phenolic OH excluding ortho intramolecular Hbond substituents is 1. The van der Waals surface area contributed by atoms with Gasteiger partial charge in [0.25, 0.3) is 5.56 Å². The van der Waals surface area contributed by atoms with E-state index in [1.807, 2.05) is 31.2 Å². The molecular weight excluding hydrogens is 402 g/mol. The Bertz CT molecular complexity index is 1180. The number of methoxy groups -OCH3 is 1. The van der Waals surface area contributed by atoms with E-state index in [1.165, 1.54) is 31.0 Å². The molecule has 154 valence electrons. The second-order valence-electron chi connectivity index (χ2n) is 7.08. The van der Waals surface area contributed by atoms with Crippen LogP contribution in [-0.2, 0) is 10.5 Å². The average molecular weight is 423 g/mol. The summed E-state index contributed by atoms with van der Waals surface area (Å²) in [6.45, 7) is 2.04. The van der Waals surface area contributed by atoms with E-state index in [4.69, 9.17) is 4.74 Å². The number of fused-ring (bicyclic) bond motifs is 1. The summed E-state index contributed by atoms with van der Waals surface area (Å²) in [6, 6.07) is 12.7. The molecule has 0 saturated heterocycles. The Kier molecular flexibility index (Phi) is 5.50. The van der Waals surface area contributed by atoms with E-state index >= 15 is 0 Å². The molecule has 4 rings (SSSR count). The first-order chi connectivity index (χ1) is 14.5. The first kappa shape index (κ1) is 20.0. The molecule has 0 saturated carbocycles. The van der Waals surface area contributed by atoms with Gasteiger partial charge in [0.2, 0.25) is 5.91 Å². The van der Waals surface area contributed by atoms with Gasteiger partial charge in [-0.1, -0.05) is 42.1 Å². The molecule has 30 heavy (non-hydrogen) atoms. The normalized spacial score (nSPS) is 15.4. The van der Waals surface area contributed by atoms with Crippen molar-refractivity contribution < 1.29 is 14.6 Å². The molecular formula is C22H21N3O4S. The van der Waals surface area contributed by atoms with Crippen molar-refractivity contribution in [3.05, 3.63) is 75.1 Å². The zero-order valence-electron chi connectivity index (χ0n) is 16.6. The van der Waals surface area contributed by atoms with Crippen molar-refractivity contribution in [2.24, 2.45) is 0 Å². The topological polar surface area (TPSA) is 104 Å². The Balaban J connectivity index is 1.70. The van der Waals surface area contributed by atoms with Crippen molar-refractivity contribution in [3.8, 4) is 11.5 Å². The Hall–Kier alpha value is -3.26. The highest BCUT2D eigenvalue weighted by Crippen LogP contribution is 2.40. The number of aromatic amines is 1. The molecule has 2 heterocycles. The smallest absolute Gasteiger partial charge is 0.257 e. The molecule has 7 nitrogen and oxygen atoms in total. The molecule has 0 spiro atoms. The number of nitrogens with zero attached hydrogens (tertiary/aromatic N) is 1. The molecule has 8 heteroatoms. The van der Waals surface area contributed by atoms with Gasteiger partial charge in [0, 0.05) is 29.7 Å². The van der Waals surface area contributed by atoms with Crippen LogP contribution in [0.15, 0.2) is 52.4 Å². The number of aromatic nitrogens is 2. The highest BCUT2D eigenvalue weighted by Gasteiger charge is 2.32. The van der Waals surface area contributed by atoms with Gasteiger partial charge in [-0.15, -0.1) is 0 Å². The molecule has 0 aliphatic carbocycles. The van der Waals surface area contributed by atoms with Crippen LogP contribution < -0.4 is 15.6 Å². The number of ether oxygens (including phenoxy) is 1. The number of anilines is 1. The number of carbonyl (C=O) groups is 1. The van der Waals surface area contributed by atoms with E-state index in [0.717, 1.165) is 11.1 Å². The fourth-order valence-electron chi connectivity index (χ4n) is 3.59. The number of nitrogens with one attached hydrogen (secondary N) is 2. The Morgan fingerprint density at radius 3 is 2.80 bits per heavy atom. The minimum Gasteiger partial charge on any atom is -0.508 e. The van der Waals surface area contributed by atoms with Crippen molar-refractivity contribution in [1.29, 1.82) is 0 Å². The molecule has 1 aromatic heterocycles. The van der Waals surface area contributed by atoms with Gasteiger partial charge < -0.3 is 20.1 Å². The van der Waals surface area contributed by atoms with Crippen molar-refractivity contribution in [2.45, 2.75) is 30.2 Å². The summed E-state index contributed by atoms with van der Waals surface area (Å²) in [4.78, 5) is 32.7.